The molecule has 66 valence electrons. The summed E-state index contributed by atoms with van der Waals surface area (Å²) in [7, 11) is 0. The van der Waals surface area contributed by atoms with Crippen molar-refractivity contribution >= 4 is 5.78 Å². The second-order valence-electron chi connectivity index (χ2n) is 3.98. The van der Waals surface area contributed by atoms with Gasteiger partial charge in [0, 0.05) is 11.8 Å². The first-order valence-electron chi connectivity index (χ1n) is 5.01. The second-order valence-corrected chi connectivity index (χ2v) is 3.98. The summed E-state index contributed by atoms with van der Waals surface area (Å²) in [6, 6.07) is 0. The maximum atomic E-state index is 11.6. The molecule has 0 aliphatic heterocycles. The Morgan fingerprint density at radius 2 is 1.50 bits per heavy atom. The van der Waals surface area contributed by atoms with Crippen LogP contribution in [-0.2, 0) is 4.79 Å². The molecule has 4 unspecified atom stereocenters. The molecule has 0 radical (unpaired) electrons. The SMILES string of the molecule is CCC1C2C=CC(C2=O)C1CC. The Morgan fingerprint density at radius 3 is 1.83 bits per heavy atom. The molecule has 2 aliphatic rings. The van der Waals surface area contributed by atoms with Crippen molar-refractivity contribution in [1.82, 2.24) is 0 Å². The lowest BCUT2D eigenvalue weighted by Crippen LogP contribution is -2.17. The molecule has 0 aromatic rings. The number of rotatable bonds is 2. The number of hydrogen-bond acceptors (Lipinski definition) is 1. The maximum absolute atomic E-state index is 11.6. The van der Waals surface area contributed by atoms with E-state index in [0.29, 0.717) is 17.6 Å². The van der Waals surface area contributed by atoms with Crippen molar-refractivity contribution in [1.29, 1.82) is 0 Å². The first-order valence-corrected chi connectivity index (χ1v) is 5.01. The Hall–Kier alpha value is -0.590. The van der Waals surface area contributed by atoms with Gasteiger partial charge < -0.3 is 0 Å². The average Bonchev–Trinajstić information content (AvgIpc) is 2.58. The van der Waals surface area contributed by atoms with Gasteiger partial charge in [0.15, 0.2) is 0 Å². The van der Waals surface area contributed by atoms with Gasteiger partial charge in [-0.2, -0.15) is 0 Å². The van der Waals surface area contributed by atoms with Crippen LogP contribution in [0.25, 0.3) is 0 Å². The standard InChI is InChI=1S/C11H16O/c1-3-7-8(4-2)10-6-5-9(7)11(10)12/h5-10H,3-4H2,1-2H3. The van der Waals surface area contributed by atoms with Crippen molar-refractivity contribution in [2.24, 2.45) is 23.7 Å². The van der Waals surface area contributed by atoms with E-state index in [1.807, 2.05) is 0 Å². The minimum absolute atomic E-state index is 0.282. The minimum Gasteiger partial charge on any atom is -0.298 e. The summed E-state index contributed by atoms with van der Waals surface area (Å²) in [4.78, 5) is 11.6. The van der Waals surface area contributed by atoms with Gasteiger partial charge in [0.25, 0.3) is 0 Å². The highest BCUT2D eigenvalue weighted by atomic mass is 16.1. The van der Waals surface area contributed by atoms with E-state index >= 15 is 0 Å². The van der Waals surface area contributed by atoms with E-state index in [1.165, 1.54) is 0 Å². The topological polar surface area (TPSA) is 17.1 Å². The molecule has 0 spiro atoms. The van der Waals surface area contributed by atoms with Gasteiger partial charge in [-0.05, 0) is 11.8 Å². The lowest BCUT2D eigenvalue weighted by Gasteiger charge is -2.23. The molecular weight excluding hydrogens is 148 g/mol. The monoisotopic (exact) mass is 164 g/mol. The van der Waals surface area contributed by atoms with Crippen LogP contribution in [0.3, 0.4) is 0 Å². The largest absolute Gasteiger partial charge is 0.298 e. The summed E-state index contributed by atoms with van der Waals surface area (Å²) in [6.07, 6.45) is 6.59. The molecule has 0 amide bonds. The van der Waals surface area contributed by atoms with E-state index in [-0.39, 0.29) is 11.8 Å². The molecule has 12 heavy (non-hydrogen) atoms. The van der Waals surface area contributed by atoms with Gasteiger partial charge in [-0.3, -0.25) is 4.79 Å². The van der Waals surface area contributed by atoms with Crippen molar-refractivity contribution in [2.45, 2.75) is 26.7 Å². The van der Waals surface area contributed by atoms with E-state index < -0.39 is 0 Å². The van der Waals surface area contributed by atoms with Gasteiger partial charge in [0.1, 0.15) is 5.78 Å². The third-order valence-corrected chi connectivity index (χ3v) is 3.60. The Morgan fingerprint density at radius 1 is 1.08 bits per heavy atom. The lowest BCUT2D eigenvalue weighted by molar-refractivity contribution is -0.121. The number of fused-ring (bicyclic) bond motifs is 2. The smallest absolute Gasteiger partial charge is 0.147 e. The molecule has 2 bridgehead atoms. The highest BCUT2D eigenvalue weighted by molar-refractivity contribution is 5.92. The quantitative estimate of drug-likeness (QED) is 0.573. The molecule has 0 saturated heterocycles. The maximum Gasteiger partial charge on any atom is 0.147 e. The zero-order valence-corrected chi connectivity index (χ0v) is 7.79. The molecule has 0 heterocycles. The van der Waals surface area contributed by atoms with Gasteiger partial charge in [-0.1, -0.05) is 38.8 Å². The molecule has 0 aromatic heterocycles. The number of carbonyl (C=O) groups is 1. The molecule has 0 aromatic carbocycles. The third kappa shape index (κ3) is 0.825. The van der Waals surface area contributed by atoms with E-state index in [2.05, 4.69) is 26.0 Å². The van der Waals surface area contributed by atoms with Crippen LogP contribution in [-0.4, -0.2) is 5.78 Å². The second kappa shape index (κ2) is 2.72. The van der Waals surface area contributed by atoms with Crippen LogP contribution in [0.15, 0.2) is 12.2 Å². The van der Waals surface area contributed by atoms with E-state index in [4.69, 9.17) is 0 Å². The number of carbonyl (C=O) groups excluding carboxylic acids is 1. The summed E-state index contributed by atoms with van der Waals surface area (Å²) >= 11 is 0. The number of hydrogen-bond donors (Lipinski definition) is 0. The highest BCUT2D eigenvalue weighted by Gasteiger charge is 2.48. The van der Waals surface area contributed by atoms with Gasteiger partial charge in [-0.25, -0.2) is 0 Å². The van der Waals surface area contributed by atoms with Gasteiger partial charge >= 0.3 is 0 Å². The zero-order valence-electron chi connectivity index (χ0n) is 7.79. The van der Waals surface area contributed by atoms with Crippen molar-refractivity contribution in [2.75, 3.05) is 0 Å². The molecular formula is C11H16O. The molecule has 2 aliphatic carbocycles. The van der Waals surface area contributed by atoms with Crippen LogP contribution in [0.5, 0.6) is 0 Å². The molecule has 1 saturated carbocycles. The lowest BCUT2D eigenvalue weighted by atomic mass is 9.80. The van der Waals surface area contributed by atoms with Gasteiger partial charge in [0.2, 0.25) is 0 Å². The summed E-state index contributed by atoms with van der Waals surface area (Å²) in [5.74, 6) is 2.36. The van der Waals surface area contributed by atoms with Crippen LogP contribution in [0.1, 0.15) is 26.7 Å². The van der Waals surface area contributed by atoms with Crippen LogP contribution in [0.2, 0.25) is 0 Å². The Balaban J connectivity index is 2.27. The van der Waals surface area contributed by atoms with E-state index in [0.717, 1.165) is 12.8 Å². The van der Waals surface area contributed by atoms with Crippen LogP contribution < -0.4 is 0 Å². The van der Waals surface area contributed by atoms with Crippen molar-refractivity contribution in [3.8, 4) is 0 Å². The normalized spacial score (nSPS) is 44.3. The predicted molar refractivity (Wildman–Crippen MR) is 48.7 cm³/mol. The minimum atomic E-state index is 0.282. The first kappa shape index (κ1) is 8.03. The first-order chi connectivity index (χ1) is 5.79. The molecule has 2 rings (SSSR count). The average molecular weight is 164 g/mol. The number of Topliss-reactive ketones (excluding diaryl/α,β-unsaturated/α-hetero) is 1. The van der Waals surface area contributed by atoms with Crippen LogP contribution >= 0.6 is 0 Å². The number of allylic oxidation sites excluding steroid dienone is 2. The predicted octanol–water partition coefficient (Wildman–Crippen LogP) is 2.42. The Bertz CT molecular complexity index is 207. The summed E-state index contributed by atoms with van der Waals surface area (Å²) < 4.78 is 0. The molecule has 0 N–H and O–H groups in total. The Labute approximate surface area is 73.8 Å². The molecule has 4 atom stereocenters. The summed E-state index contributed by atoms with van der Waals surface area (Å²) in [5.41, 5.74) is 0. The van der Waals surface area contributed by atoms with Gasteiger partial charge in [-0.15, -0.1) is 0 Å². The van der Waals surface area contributed by atoms with Crippen molar-refractivity contribution in [3.05, 3.63) is 12.2 Å². The molecule has 1 fully saturated rings. The van der Waals surface area contributed by atoms with Crippen molar-refractivity contribution in [3.63, 3.8) is 0 Å². The summed E-state index contributed by atoms with van der Waals surface area (Å²) in [6.45, 7) is 4.41. The van der Waals surface area contributed by atoms with Crippen LogP contribution in [0, 0.1) is 23.7 Å². The van der Waals surface area contributed by atoms with E-state index in [9.17, 15) is 4.79 Å². The molecule has 1 heteroatoms. The third-order valence-electron chi connectivity index (χ3n) is 3.60. The fourth-order valence-electron chi connectivity index (χ4n) is 3.00. The summed E-state index contributed by atoms with van der Waals surface area (Å²) in [5, 5.41) is 0. The zero-order chi connectivity index (χ0) is 8.72. The fraction of sp³-hybridized carbons (Fsp3) is 0.727. The molecule has 1 nitrogen and oxygen atoms in total. The van der Waals surface area contributed by atoms with Gasteiger partial charge in [0.05, 0.1) is 0 Å². The fourth-order valence-corrected chi connectivity index (χ4v) is 3.00. The number of ketones is 1. The van der Waals surface area contributed by atoms with Crippen molar-refractivity contribution < 1.29 is 4.79 Å². The highest BCUT2D eigenvalue weighted by Crippen LogP contribution is 2.47. The Kier molecular flexibility index (Phi) is 1.82. The van der Waals surface area contributed by atoms with Crippen LogP contribution in [0.4, 0.5) is 0 Å². The van der Waals surface area contributed by atoms with E-state index in [1.54, 1.807) is 0 Å².